The molecule has 33 heavy (non-hydrogen) atoms. The van der Waals surface area contributed by atoms with E-state index >= 15 is 0 Å². The number of carbonyl (C=O) groups is 2. The number of nitrogens with zero attached hydrogens (tertiary/aromatic N) is 5. The van der Waals surface area contributed by atoms with Gasteiger partial charge < -0.3 is 9.80 Å². The van der Waals surface area contributed by atoms with Crippen LogP contribution in [0.3, 0.4) is 0 Å². The Kier molecular flexibility index (Phi) is 4.48. The van der Waals surface area contributed by atoms with Crippen LogP contribution in [-0.4, -0.2) is 49.5 Å². The number of rotatable bonds is 3. The van der Waals surface area contributed by atoms with Gasteiger partial charge in [-0.2, -0.15) is 5.10 Å². The number of benzene rings is 2. The zero-order valence-electron chi connectivity index (χ0n) is 17.6. The van der Waals surface area contributed by atoms with Crippen molar-refractivity contribution >= 4 is 23.4 Å². The SMILES string of the molecule is O=C(C1=CCC(n2cncn2)C=C1)N1CCN2C(=O)c3ccccc3C12c1ccc(Cl)cc1. The van der Waals surface area contributed by atoms with Crippen LogP contribution in [0.4, 0.5) is 0 Å². The summed E-state index contributed by atoms with van der Waals surface area (Å²) in [6.07, 6.45) is 9.57. The Balaban J connectivity index is 1.43. The van der Waals surface area contributed by atoms with E-state index in [0.29, 0.717) is 35.7 Å². The number of hydrogen-bond acceptors (Lipinski definition) is 4. The van der Waals surface area contributed by atoms with Gasteiger partial charge in [-0.15, -0.1) is 0 Å². The average molecular weight is 458 g/mol. The second-order valence-electron chi connectivity index (χ2n) is 8.34. The summed E-state index contributed by atoms with van der Waals surface area (Å²) in [6, 6.07) is 15.0. The zero-order chi connectivity index (χ0) is 22.6. The van der Waals surface area contributed by atoms with Crippen molar-refractivity contribution < 1.29 is 9.59 Å². The first-order valence-electron chi connectivity index (χ1n) is 10.8. The Hall–Kier alpha value is -3.71. The van der Waals surface area contributed by atoms with Crippen LogP contribution in [0.2, 0.25) is 5.02 Å². The molecule has 6 rings (SSSR count). The highest BCUT2D eigenvalue weighted by molar-refractivity contribution is 6.30. The minimum Gasteiger partial charge on any atom is -0.306 e. The normalized spacial score (nSPS) is 23.5. The summed E-state index contributed by atoms with van der Waals surface area (Å²) in [6.45, 7) is 0.902. The largest absolute Gasteiger partial charge is 0.306 e. The molecule has 1 saturated heterocycles. The Labute approximate surface area is 195 Å². The molecule has 1 aliphatic carbocycles. The van der Waals surface area contributed by atoms with Crippen LogP contribution in [0.25, 0.3) is 0 Å². The standard InChI is InChI=1S/C25H20ClN5O2/c26-19-9-7-18(8-10-19)25-22-4-2-1-3-21(22)24(33)30(25)14-13-29(25)23(32)17-5-11-20(12-6-17)31-16-27-15-28-31/h1-11,15-16,20H,12-14H2. The van der Waals surface area contributed by atoms with Gasteiger partial charge in [-0.25, -0.2) is 9.67 Å². The van der Waals surface area contributed by atoms with Gasteiger partial charge in [0.25, 0.3) is 11.8 Å². The molecule has 1 fully saturated rings. The van der Waals surface area contributed by atoms with Crippen LogP contribution in [0.5, 0.6) is 0 Å². The fraction of sp³-hybridized carbons (Fsp3) is 0.200. The van der Waals surface area contributed by atoms with E-state index < -0.39 is 5.66 Å². The third kappa shape index (κ3) is 2.82. The molecular formula is C25H20ClN5O2. The zero-order valence-corrected chi connectivity index (χ0v) is 18.4. The molecule has 3 aromatic rings. The van der Waals surface area contributed by atoms with E-state index in [1.54, 1.807) is 23.1 Å². The maximum Gasteiger partial charge on any atom is 0.256 e. The first-order chi connectivity index (χ1) is 16.1. The van der Waals surface area contributed by atoms with Crippen LogP contribution in [0, 0.1) is 0 Å². The van der Waals surface area contributed by atoms with Gasteiger partial charge in [-0.05, 0) is 24.6 Å². The van der Waals surface area contributed by atoms with Crippen molar-refractivity contribution in [2.24, 2.45) is 0 Å². The Morgan fingerprint density at radius 1 is 1.09 bits per heavy atom. The molecule has 1 aromatic heterocycles. The van der Waals surface area contributed by atoms with Crippen LogP contribution in [0.1, 0.15) is 33.9 Å². The molecule has 0 bridgehead atoms. The molecule has 3 aliphatic rings. The molecule has 0 N–H and O–H groups in total. The Bertz CT molecular complexity index is 1310. The van der Waals surface area contributed by atoms with Crippen molar-refractivity contribution in [2.45, 2.75) is 18.1 Å². The van der Waals surface area contributed by atoms with Gasteiger partial charge in [0, 0.05) is 40.4 Å². The van der Waals surface area contributed by atoms with Gasteiger partial charge in [-0.1, -0.05) is 60.2 Å². The summed E-state index contributed by atoms with van der Waals surface area (Å²) in [4.78, 5) is 34.9. The summed E-state index contributed by atoms with van der Waals surface area (Å²) in [5, 5.41) is 4.80. The first-order valence-corrected chi connectivity index (χ1v) is 11.2. The quantitative estimate of drug-likeness (QED) is 0.603. The highest BCUT2D eigenvalue weighted by atomic mass is 35.5. The van der Waals surface area contributed by atoms with Crippen LogP contribution >= 0.6 is 11.6 Å². The van der Waals surface area contributed by atoms with Gasteiger partial charge in [0.2, 0.25) is 0 Å². The summed E-state index contributed by atoms with van der Waals surface area (Å²) in [5.41, 5.74) is 1.91. The molecule has 8 heteroatoms. The molecule has 2 unspecified atom stereocenters. The third-order valence-corrected chi connectivity index (χ3v) is 6.95. The molecule has 164 valence electrons. The maximum atomic E-state index is 13.9. The summed E-state index contributed by atoms with van der Waals surface area (Å²) in [7, 11) is 0. The van der Waals surface area contributed by atoms with E-state index in [-0.39, 0.29) is 17.9 Å². The van der Waals surface area contributed by atoms with Gasteiger partial charge in [-0.3, -0.25) is 9.59 Å². The number of aromatic nitrogens is 3. The molecular weight excluding hydrogens is 438 g/mol. The van der Waals surface area contributed by atoms with E-state index in [0.717, 1.165) is 11.1 Å². The van der Waals surface area contributed by atoms with Crippen molar-refractivity contribution in [1.82, 2.24) is 24.6 Å². The lowest BCUT2D eigenvalue weighted by molar-refractivity contribution is -0.132. The number of carbonyl (C=O) groups excluding carboxylic acids is 2. The second kappa shape index (κ2) is 7.42. The van der Waals surface area contributed by atoms with Crippen LogP contribution in [0.15, 0.2) is 85.0 Å². The Morgan fingerprint density at radius 3 is 2.64 bits per heavy atom. The van der Waals surface area contributed by atoms with Gasteiger partial charge in [0.15, 0.2) is 5.66 Å². The summed E-state index contributed by atoms with van der Waals surface area (Å²) >= 11 is 6.17. The lowest BCUT2D eigenvalue weighted by Crippen LogP contribution is -2.51. The monoisotopic (exact) mass is 457 g/mol. The minimum atomic E-state index is -0.993. The fourth-order valence-corrected chi connectivity index (χ4v) is 5.36. The van der Waals surface area contributed by atoms with Crippen molar-refractivity contribution in [1.29, 1.82) is 0 Å². The van der Waals surface area contributed by atoms with E-state index in [1.807, 2.05) is 64.4 Å². The molecule has 0 saturated carbocycles. The minimum absolute atomic E-state index is 0.0261. The first kappa shape index (κ1) is 19.9. The smallest absolute Gasteiger partial charge is 0.256 e. The molecule has 2 atom stereocenters. The predicted octanol–water partition coefficient (Wildman–Crippen LogP) is 3.56. The number of fused-ring (bicyclic) bond motifs is 3. The molecule has 3 heterocycles. The second-order valence-corrected chi connectivity index (χ2v) is 8.77. The van der Waals surface area contributed by atoms with E-state index in [9.17, 15) is 9.59 Å². The van der Waals surface area contributed by atoms with Gasteiger partial charge >= 0.3 is 0 Å². The molecule has 7 nitrogen and oxygen atoms in total. The van der Waals surface area contributed by atoms with E-state index in [1.165, 1.54) is 6.33 Å². The molecule has 2 aromatic carbocycles. The van der Waals surface area contributed by atoms with Gasteiger partial charge in [0.05, 0.1) is 6.04 Å². The highest BCUT2D eigenvalue weighted by Crippen LogP contribution is 2.50. The van der Waals surface area contributed by atoms with Crippen molar-refractivity contribution in [2.75, 3.05) is 13.1 Å². The number of hydrogen-bond donors (Lipinski definition) is 0. The predicted molar refractivity (Wildman–Crippen MR) is 122 cm³/mol. The molecule has 2 aliphatic heterocycles. The third-order valence-electron chi connectivity index (χ3n) is 6.70. The van der Waals surface area contributed by atoms with E-state index in [4.69, 9.17) is 11.6 Å². The van der Waals surface area contributed by atoms with E-state index in [2.05, 4.69) is 10.1 Å². The lowest BCUT2D eigenvalue weighted by atomic mass is 9.89. The van der Waals surface area contributed by atoms with Crippen LogP contribution < -0.4 is 0 Å². The maximum absolute atomic E-state index is 13.9. The highest BCUT2D eigenvalue weighted by Gasteiger charge is 2.59. The van der Waals surface area contributed by atoms with Crippen LogP contribution in [-0.2, 0) is 10.5 Å². The molecule has 2 amide bonds. The Morgan fingerprint density at radius 2 is 1.91 bits per heavy atom. The van der Waals surface area contributed by atoms with Gasteiger partial charge in [0.1, 0.15) is 12.7 Å². The fourth-order valence-electron chi connectivity index (χ4n) is 5.23. The molecule has 0 radical (unpaired) electrons. The number of allylic oxidation sites excluding steroid dienone is 2. The average Bonchev–Trinajstić information content (AvgIpc) is 3.57. The number of amides is 2. The topological polar surface area (TPSA) is 71.3 Å². The summed E-state index contributed by atoms with van der Waals surface area (Å²) in [5.74, 6) is -0.166. The lowest BCUT2D eigenvalue weighted by Gasteiger charge is -2.40. The van der Waals surface area contributed by atoms with Crippen molar-refractivity contribution in [3.05, 3.63) is 107 Å². The van der Waals surface area contributed by atoms with Crippen molar-refractivity contribution in [3.63, 3.8) is 0 Å². The van der Waals surface area contributed by atoms with Crippen molar-refractivity contribution in [3.8, 4) is 0 Å². The summed E-state index contributed by atoms with van der Waals surface area (Å²) < 4.78 is 1.77. The molecule has 0 spiro atoms. The number of halogens is 1.